The van der Waals surface area contributed by atoms with Gasteiger partial charge in [-0.15, -0.1) is 0 Å². The first-order chi connectivity index (χ1) is 9.67. The van der Waals surface area contributed by atoms with E-state index >= 15 is 0 Å². The van der Waals surface area contributed by atoms with Gasteiger partial charge in [-0.05, 0) is 19.3 Å². The molecule has 0 spiro atoms. The minimum Gasteiger partial charge on any atom is -0.462 e. The minimum absolute atomic E-state index is 0.0192. The molecule has 0 saturated heterocycles. The molecule has 106 valence electrons. The molecule has 0 aliphatic heterocycles. The van der Waals surface area contributed by atoms with E-state index in [1.807, 2.05) is 0 Å². The predicted octanol–water partition coefficient (Wildman–Crippen LogP) is 1.76. The summed E-state index contributed by atoms with van der Waals surface area (Å²) in [5, 5.41) is 9.99. The summed E-state index contributed by atoms with van der Waals surface area (Å²) in [7, 11) is 0. The number of nitrogens with zero attached hydrogens (tertiary/aromatic N) is 2. The number of anilines is 1. The number of carbonyl (C=O) groups excluding carboxylic acids is 2. The molecule has 8 heteroatoms. The number of hydrogen-bond acceptors (Lipinski definition) is 8. The summed E-state index contributed by atoms with van der Waals surface area (Å²) in [6, 6.07) is 0. The van der Waals surface area contributed by atoms with Crippen LogP contribution in [0, 0.1) is 5.41 Å². The van der Waals surface area contributed by atoms with E-state index in [1.165, 1.54) is 24.0 Å². The van der Waals surface area contributed by atoms with Crippen LogP contribution in [-0.4, -0.2) is 41.3 Å². The second-order valence-corrected chi connectivity index (χ2v) is 4.10. The lowest BCUT2D eigenvalue weighted by Crippen LogP contribution is -2.14. The minimum atomic E-state index is -0.673. The third kappa shape index (κ3) is 3.89. The van der Waals surface area contributed by atoms with Gasteiger partial charge < -0.3 is 15.5 Å². The van der Waals surface area contributed by atoms with E-state index in [1.54, 1.807) is 13.2 Å². The van der Waals surface area contributed by atoms with Crippen molar-refractivity contribution in [1.82, 2.24) is 9.97 Å². The molecule has 0 saturated carbocycles. The Balaban J connectivity index is 3.33. The highest BCUT2D eigenvalue weighted by Gasteiger charge is 2.21. The summed E-state index contributed by atoms with van der Waals surface area (Å²) in [5.74, 6) is -0.504. The van der Waals surface area contributed by atoms with Gasteiger partial charge in [0.1, 0.15) is 17.1 Å². The highest BCUT2D eigenvalue weighted by molar-refractivity contribution is 7.98. The van der Waals surface area contributed by atoms with Gasteiger partial charge in [-0.1, -0.05) is 11.8 Å². The zero-order valence-corrected chi connectivity index (χ0v) is 11.9. The van der Waals surface area contributed by atoms with E-state index in [-0.39, 0.29) is 23.7 Å². The molecule has 0 aliphatic carbocycles. The van der Waals surface area contributed by atoms with Crippen molar-refractivity contribution in [3.05, 3.63) is 23.5 Å². The Labute approximate surface area is 120 Å². The zero-order valence-electron chi connectivity index (χ0n) is 11.0. The van der Waals surface area contributed by atoms with Crippen LogP contribution in [0.1, 0.15) is 27.8 Å². The molecule has 1 aromatic rings. The van der Waals surface area contributed by atoms with E-state index in [2.05, 4.69) is 15.3 Å². The van der Waals surface area contributed by atoms with E-state index in [0.29, 0.717) is 11.4 Å². The molecule has 0 fully saturated rings. The molecular formula is C12H14N4O3S. The first-order valence-electron chi connectivity index (χ1n) is 5.68. The van der Waals surface area contributed by atoms with Crippen LogP contribution in [0.15, 0.2) is 17.4 Å². The van der Waals surface area contributed by atoms with Gasteiger partial charge in [0.2, 0.25) is 0 Å². The van der Waals surface area contributed by atoms with Gasteiger partial charge in [0.15, 0.2) is 11.4 Å². The number of carbonyl (C=O) groups is 2. The van der Waals surface area contributed by atoms with E-state index in [9.17, 15) is 9.59 Å². The number of aldehydes is 1. The number of esters is 1. The summed E-state index contributed by atoms with van der Waals surface area (Å²) in [5.41, 5.74) is -0.0529. The van der Waals surface area contributed by atoms with E-state index in [4.69, 9.17) is 10.1 Å². The van der Waals surface area contributed by atoms with Crippen LogP contribution in [0.3, 0.4) is 0 Å². The topological polar surface area (TPSA) is 105 Å². The van der Waals surface area contributed by atoms with Crippen LogP contribution in [0.4, 0.5) is 5.82 Å². The number of allylic oxidation sites excluding steroid dienone is 1. The standard InChI is InChI=1S/C12H14N4O3S/c1-3-19-11(18)9-8(7-17)15-12(20-2)16-10(9)14-6-4-5-13/h4-7,13H,3H2,1-2H3,(H,14,15,16)/b6-4-,13-5?. The average Bonchev–Trinajstić information content (AvgIpc) is 2.46. The molecule has 1 heterocycles. The Morgan fingerprint density at radius 2 is 2.25 bits per heavy atom. The lowest BCUT2D eigenvalue weighted by Gasteiger charge is -2.10. The molecule has 0 aliphatic rings. The second-order valence-electron chi connectivity index (χ2n) is 3.33. The van der Waals surface area contributed by atoms with Crippen LogP contribution in [0.25, 0.3) is 0 Å². The number of aromatic nitrogens is 2. The van der Waals surface area contributed by atoms with Crippen molar-refractivity contribution in [2.45, 2.75) is 12.1 Å². The first-order valence-corrected chi connectivity index (χ1v) is 6.90. The third-order valence-corrected chi connectivity index (χ3v) is 2.65. The molecule has 2 N–H and O–H groups in total. The van der Waals surface area contributed by atoms with Crippen molar-refractivity contribution in [1.29, 1.82) is 5.41 Å². The predicted molar refractivity (Wildman–Crippen MR) is 76.7 cm³/mol. The molecule has 0 radical (unpaired) electrons. The van der Waals surface area contributed by atoms with Gasteiger partial charge in [-0.2, -0.15) is 0 Å². The fourth-order valence-corrected chi connectivity index (χ4v) is 1.69. The molecule has 7 nitrogen and oxygen atoms in total. The van der Waals surface area contributed by atoms with Gasteiger partial charge in [0, 0.05) is 12.4 Å². The molecule has 20 heavy (non-hydrogen) atoms. The van der Waals surface area contributed by atoms with Gasteiger partial charge in [-0.3, -0.25) is 4.79 Å². The maximum absolute atomic E-state index is 11.9. The number of nitrogens with one attached hydrogen (secondary N) is 2. The summed E-state index contributed by atoms with van der Waals surface area (Å²) in [4.78, 5) is 31.1. The average molecular weight is 294 g/mol. The molecule has 1 aromatic heterocycles. The van der Waals surface area contributed by atoms with Crippen LogP contribution < -0.4 is 5.32 Å². The number of rotatable bonds is 7. The fourth-order valence-electron chi connectivity index (χ4n) is 1.32. The van der Waals surface area contributed by atoms with Gasteiger partial charge in [0.25, 0.3) is 0 Å². The molecular weight excluding hydrogens is 280 g/mol. The summed E-state index contributed by atoms with van der Waals surface area (Å²) in [6.45, 7) is 1.84. The maximum Gasteiger partial charge on any atom is 0.344 e. The number of thioether (sulfide) groups is 1. The van der Waals surface area contributed by atoms with Crippen molar-refractivity contribution in [2.24, 2.45) is 0 Å². The van der Waals surface area contributed by atoms with Crippen LogP contribution in [0.5, 0.6) is 0 Å². The molecule has 0 amide bonds. The highest BCUT2D eigenvalue weighted by Crippen LogP contribution is 2.21. The summed E-state index contributed by atoms with van der Waals surface area (Å²) < 4.78 is 4.90. The molecule has 1 rings (SSSR count). The van der Waals surface area contributed by atoms with Crippen molar-refractivity contribution in [2.75, 3.05) is 18.2 Å². The Morgan fingerprint density at radius 3 is 2.80 bits per heavy atom. The lowest BCUT2D eigenvalue weighted by atomic mass is 10.2. The lowest BCUT2D eigenvalue weighted by molar-refractivity contribution is 0.0524. The Hall–Kier alpha value is -2.22. The third-order valence-electron chi connectivity index (χ3n) is 2.10. The normalized spacial score (nSPS) is 10.3. The monoisotopic (exact) mass is 294 g/mol. The quantitative estimate of drug-likeness (QED) is 0.259. The van der Waals surface area contributed by atoms with E-state index < -0.39 is 5.97 Å². The van der Waals surface area contributed by atoms with Gasteiger partial charge in [0.05, 0.1) is 6.61 Å². The van der Waals surface area contributed by atoms with Crippen molar-refractivity contribution >= 4 is 36.0 Å². The highest BCUT2D eigenvalue weighted by atomic mass is 32.2. The van der Waals surface area contributed by atoms with Gasteiger partial charge >= 0.3 is 5.97 Å². The molecule has 0 unspecified atom stereocenters. The smallest absolute Gasteiger partial charge is 0.344 e. The number of hydrogen-bond donors (Lipinski definition) is 2. The van der Waals surface area contributed by atoms with Crippen LogP contribution in [0.2, 0.25) is 0 Å². The van der Waals surface area contributed by atoms with Crippen molar-refractivity contribution < 1.29 is 14.3 Å². The molecule has 0 atom stereocenters. The zero-order chi connectivity index (χ0) is 15.0. The second kappa shape index (κ2) is 8.05. The fraction of sp³-hybridized carbons (Fsp3) is 0.250. The molecule has 0 bridgehead atoms. The first kappa shape index (κ1) is 15.8. The number of ether oxygens (including phenoxy) is 1. The summed E-state index contributed by atoms with van der Waals surface area (Å²) >= 11 is 1.24. The van der Waals surface area contributed by atoms with Gasteiger partial charge in [-0.25, -0.2) is 14.8 Å². The molecule has 0 aromatic carbocycles. The van der Waals surface area contributed by atoms with Crippen molar-refractivity contribution in [3.8, 4) is 0 Å². The Bertz CT molecular complexity index is 546. The van der Waals surface area contributed by atoms with Crippen molar-refractivity contribution in [3.63, 3.8) is 0 Å². The van der Waals surface area contributed by atoms with Crippen LogP contribution >= 0.6 is 11.8 Å². The maximum atomic E-state index is 11.9. The largest absolute Gasteiger partial charge is 0.462 e. The Morgan fingerprint density at radius 1 is 1.50 bits per heavy atom. The van der Waals surface area contributed by atoms with Crippen LogP contribution in [-0.2, 0) is 4.74 Å². The summed E-state index contributed by atoms with van der Waals surface area (Å²) in [6.07, 6.45) is 6.14. The Kier molecular flexibility index (Phi) is 6.38. The van der Waals surface area contributed by atoms with E-state index in [0.717, 1.165) is 6.21 Å². The SMILES string of the molecule is CCOC(=O)c1c(C=O)nc(SC)nc1N/C=C\C=N.